The Bertz CT molecular complexity index is 272. The lowest BCUT2D eigenvalue weighted by molar-refractivity contribution is -0.146. The quantitative estimate of drug-likeness (QED) is 0.482. The first kappa shape index (κ1) is 11.0. The average molecular weight is 197 g/mol. The van der Waals surface area contributed by atoms with Crippen LogP contribution < -0.4 is 5.73 Å². The number of primary amides is 1. The molecule has 0 spiro atoms. The van der Waals surface area contributed by atoms with Crippen LogP contribution in [-0.2, 0) is 4.79 Å². The predicted molar refractivity (Wildman–Crippen MR) is 56.1 cm³/mol. The van der Waals surface area contributed by atoms with Crippen LogP contribution >= 0.6 is 0 Å². The van der Waals surface area contributed by atoms with Gasteiger partial charge in [0.05, 0.1) is 11.3 Å². The second-order valence-corrected chi connectivity index (χ2v) is 5.14. The molecule has 14 heavy (non-hydrogen) atoms. The molecule has 0 atom stereocenters. The van der Waals surface area contributed by atoms with Gasteiger partial charge in [-0.3, -0.25) is 10.2 Å². The lowest BCUT2D eigenvalue weighted by Crippen LogP contribution is -2.68. The zero-order valence-electron chi connectivity index (χ0n) is 9.35. The summed E-state index contributed by atoms with van der Waals surface area (Å²) in [6, 6.07) is 0. The van der Waals surface area contributed by atoms with E-state index in [0.29, 0.717) is 18.9 Å². The molecule has 0 aromatic carbocycles. The Morgan fingerprint density at radius 2 is 1.86 bits per heavy atom. The van der Waals surface area contributed by atoms with Gasteiger partial charge in [-0.2, -0.15) is 0 Å². The second-order valence-electron chi connectivity index (χ2n) is 5.14. The van der Waals surface area contributed by atoms with Crippen molar-refractivity contribution in [2.45, 2.75) is 27.7 Å². The van der Waals surface area contributed by atoms with Gasteiger partial charge in [0.25, 0.3) is 0 Å². The lowest BCUT2D eigenvalue weighted by Gasteiger charge is -2.55. The monoisotopic (exact) mass is 197 g/mol. The van der Waals surface area contributed by atoms with Crippen LogP contribution in [0.1, 0.15) is 27.7 Å². The number of hydrogen-bond acceptors (Lipinski definition) is 2. The number of nitrogens with zero attached hydrogens (tertiary/aromatic N) is 1. The molecule has 0 aromatic rings. The van der Waals surface area contributed by atoms with Crippen LogP contribution in [0.2, 0.25) is 0 Å². The molecule has 0 bridgehead atoms. The summed E-state index contributed by atoms with van der Waals surface area (Å²) < 4.78 is 0. The number of amidine groups is 1. The first-order valence-electron chi connectivity index (χ1n) is 4.81. The van der Waals surface area contributed by atoms with E-state index in [1.54, 1.807) is 6.92 Å². The summed E-state index contributed by atoms with van der Waals surface area (Å²) in [6.45, 7) is 8.97. The molecule has 0 unspecified atom stereocenters. The fourth-order valence-electron chi connectivity index (χ4n) is 1.84. The van der Waals surface area contributed by atoms with Crippen LogP contribution in [0.4, 0.5) is 0 Å². The fourth-order valence-corrected chi connectivity index (χ4v) is 1.84. The van der Waals surface area contributed by atoms with Gasteiger partial charge in [0, 0.05) is 13.1 Å². The summed E-state index contributed by atoms with van der Waals surface area (Å²) in [5, 5.41) is 7.45. The van der Waals surface area contributed by atoms with Crippen molar-refractivity contribution in [3.05, 3.63) is 0 Å². The Labute approximate surface area is 85.0 Å². The third kappa shape index (κ3) is 1.38. The van der Waals surface area contributed by atoms with Crippen LogP contribution in [0.25, 0.3) is 0 Å². The fraction of sp³-hybridized carbons (Fsp3) is 0.800. The van der Waals surface area contributed by atoms with E-state index in [0.717, 1.165) is 0 Å². The number of hydrogen-bond donors (Lipinski definition) is 2. The zero-order chi connectivity index (χ0) is 11.1. The smallest absolute Gasteiger partial charge is 0.227 e. The molecule has 1 aliphatic heterocycles. The summed E-state index contributed by atoms with van der Waals surface area (Å²) in [4.78, 5) is 13.3. The van der Waals surface area contributed by atoms with Crippen molar-refractivity contribution >= 4 is 11.7 Å². The molecule has 0 saturated carbocycles. The molecule has 4 nitrogen and oxygen atoms in total. The molecule has 3 N–H and O–H groups in total. The van der Waals surface area contributed by atoms with Crippen LogP contribution in [-0.4, -0.2) is 29.7 Å². The molecular weight excluding hydrogens is 178 g/mol. The van der Waals surface area contributed by atoms with Gasteiger partial charge in [0.15, 0.2) is 0 Å². The van der Waals surface area contributed by atoms with Gasteiger partial charge in [0.1, 0.15) is 0 Å². The van der Waals surface area contributed by atoms with Crippen molar-refractivity contribution in [3.63, 3.8) is 0 Å². The van der Waals surface area contributed by atoms with Gasteiger partial charge >= 0.3 is 0 Å². The van der Waals surface area contributed by atoms with Crippen molar-refractivity contribution in [1.29, 1.82) is 5.41 Å². The number of nitrogens with two attached hydrogens (primary N) is 1. The van der Waals surface area contributed by atoms with Gasteiger partial charge < -0.3 is 10.6 Å². The molecule has 1 saturated heterocycles. The van der Waals surface area contributed by atoms with Crippen LogP contribution in [0, 0.1) is 16.2 Å². The van der Waals surface area contributed by atoms with Crippen molar-refractivity contribution in [2.75, 3.05) is 13.1 Å². The minimum Gasteiger partial charge on any atom is -0.369 e. The second kappa shape index (κ2) is 2.97. The number of nitrogens with one attached hydrogen (secondary N) is 1. The highest BCUT2D eigenvalue weighted by molar-refractivity contribution is 5.87. The van der Waals surface area contributed by atoms with E-state index in [9.17, 15) is 4.79 Å². The van der Waals surface area contributed by atoms with Gasteiger partial charge in [-0.05, 0) is 12.3 Å². The van der Waals surface area contributed by atoms with Crippen molar-refractivity contribution in [2.24, 2.45) is 16.6 Å². The summed E-state index contributed by atoms with van der Waals surface area (Å²) in [5.74, 6) is 0.258. The first-order valence-corrected chi connectivity index (χ1v) is 4.81. The highest BCUT2D eigenvalue weighted by Crippen LogP contribution is 2.45. The number of likely N-dealkylation sites (tertiary alicyclic amines) is 1. The number of amides is 1. The number of carbonyl (C=O) groups is 1. The Morgan fingerprint density at radius 1 is 1.43 bits per heavy atom. The third-order valence-electron chi connectivity index (χ3n) is 3.30. The third-order valence-corrected chi connectivity index (χ3v) is 3.30. The van der Waals surface area contributed by atoms with Gasteiger partial charge in [0.2, 0.25) is 5.91 Å². The van der Waals surface area contributed by atoms with Gasteiger partial charge in [-0.25, -0.2) is 0 Å². The standard InChI is InChI=1S/C10H19N3O/c1-7(11)13-5-10(6-13,8(12)14)9(2,3)4/h11H,5-6H2,1-4H3,(H2,12,14). The van der Waals surface area contributed by atoms with Crippen molar-refractivity contribution in [1.82, 2.24) is 4.90 Å². The van der Waals surface area contributed by atoms with E-state index in [-0.39, 0.29) is 11.3 Å². The highest BCUT2D eigenvalue weighted by Gasteiger charge is 2.55. The van der Waals surface area contributed by atoms with Gasteiger partial charge in [-0.1, -0.05) is 20.8 Å². The number of rotatable bonds is 1. The van der Waals surface area contributed by atoms with E-state index in [1.807, 2.05) is 25.7 Å². The van der Waals surface area contributed by atoms with Crippen LogP contribution in [0.15, 0.2) is 0 Å². The minimum absolute atomic E-state index is 0.134. The Morgan fingerprint density at radius 3 is 2.07 bits per heavy atom. The normalized spacial score (nSPS) is 20.1. The van der Waals surface area contributed by atoms with Crippen molar-refractivity contribution < 1.29 is 4.79 Å². The van der Waals surface area contributed by atoms with Crippen LogP contribution in [0.5, 0.6) is 0 Å². The van der Waals surface area contributed by atoms with Gasteiger partial charge in [-0.15, -0.1) is 0 Å². The number of carbonyl (C=O) groups excluding carboxylic acids is 1. The molecule has 80 valence electrons. The highest BCUT2D eigenvalue weighted by atomic mass is 16.1. The summed E-state index contributed by atoms with van der Waals surface area (Å²) in [7, 11) is 0. The topological polar surface area (TPSA) is 70.2 Å². The van der Waals surface area contributed by atoms with E-state index >= 15 is 0 Å². The lowest BCUT2D eigenvalue weighted by atomic mass is 9.61. The molecule has 0 aliphatic carbocycles. The maximum Gasteiger partial charge on any atom is 0.227 e. The van der Waals surface area contributed by atoms with E-state index in [4.69, 9.17) is 11.1 Å². The largest absolute Gasteiger partial charge is 0.369 e. The van der Waals surface area contributed by atoms with E-state index in [2.05, 4.69) is 0 Å². The molecule has 1 aliphatic rings. The minimum atomic E-state index is -0.463. The summed E-state index contributed by atoms with van der Waals surface area (Å²) in [6.07, 6.45) is 0. The predicted octanol–water partition coefficient (Wildman–Crippen LogP) is 0.817. The molecule has 1 heterocycles. The Balaban J connectivity index is 2.83. The molecule has 1 rings (SSSR count). The van der Waals surface area contributed by atoms with Crippen LogP contribution in [0.3, 0.4) is 0 Å². The summed E-state index contributed by atoms with van der Waals surface area (Å²) in [5.41, 5.74) is 4.85. The molecule has 0 radical (unpaired) electrons. The Kier molecular flexibility index (Phi) is 2.34. The molecule has 4 heteroatoms. The summed E-state index contributed by atoms with van der Waals surface area (Å²) >= 11 is 0. The Hall–Kier alpha value is -1.06. The van der Waals surface area contributed by atoms with E-state index in [1.165, 1.54) is 0 Å². The molecule has 1 fully saturated rings. The molecule has 0 aromatic heterocycles. The van der Waals surface area contributed by atoms with Crippen molar-refractivity contribution in [3.8, 4) is 0 Å². The maximum atomic E-state index is 11.4. The SMILES string of the molecule is CC(=N)N1CC(C(N)=O)(C(C)(C)C)C1. The zero-order valence-corrected chi connectivity index (χ0v) is 9.35. The maximum absolute atomic E-state index is 11.4. The van der Waals surface area contributed by atoms with E-state index < -0.39 is 5.41 Å². The molecular formula is C10H19N3O. The average Bonchev–Trinajstić information content (AvgIpc) is 1.77. The molecule has 1 amide bonds. The first-order chi connectivity index (χ1) is 6.21.